The van der Waals surface area contributed by atoms with Gasteiger partial charge in [0.1, 0.15) is 11.6 Å². The van der Waals surface area contributed by atoms with E-state index in [-0.39, 0.29) is 0 Å². The molecule has 0 amide bonds. The number of methoxy groups -OCH3 is 1. The Morgan fingerprint density at radius 3 is 2.92 bits per heavy atom. The topological polar surface area (TPSA) is 66.6 Å². The third-order valence-corrected chi connectivity index (χ3v) is 4.19. The monoisotopic (exact) mass is 318 g/mol. The zero-order chi connectivity index (χ0) is 16.5. The van der Waals surface area contributed by atoms with Crippen molar-refractivity contribution in [2.75, 3.05) is 18.6 Å². The largest absolute Gasteiger partial charge is 0.495 e. The molecule has 120 valence electrons. The number of rotatable bonds is 3. The normalized spacial score (nSPS) is 14.5. The summed E-state index contributed by atoms with van der Waals surface area (Å²) in [6.07, 6.45) is 3.76. The summed E-state index contributed by atoms with van der Waals surface area (Å²) in [5.74, 6) is 1.38. The molecule has 4 rings (SSSR count). The number of H-pyrrole nitrogens is 1. The first kappa shape index (κ1) is 14.4. The van der Waals surface area contributed by atoms with E-state index in [4.69, 9.17) is 10.5 Å². The summed E-state index contributed by atoms with van der Waals surface area (Å²) in [6, 6.07) is 16.3. The number of fused-ring (bicyclic) bond motifs is 1. The first-order valence-corrected chi connectivity index (χ1v) is 7.76. The molecule has 2 aromatic carbocycles. The number of anilines is 1. The number of nitrogens with one attached hydrogen (secondary N) is 1. The molecule has 5 nitrogen and oxygen atoms in total. The summed E-state index contributed by atoms with van der Waals surface area (Å²) in [6.45, 7) is 0.525. The Bertz CT molecular complexity index is 955. The first-order chi connectivity index (χ1) is 11.8. The number of hydrogen-bond donors (Lipinski definition) is 2. The summed E-state index contributed by atoms with van der Waals surface area (Å²) in [5, 5.41) is 1.16. The van der Waals surface area contributed by atoms with Crippen molar-refractivity contribution in [1.29, 1.82) is 0 Å². The lowest BCUT2D eigenvalue weighted by Gasteiger charge is -2.30. The molecule has 5 heteroatoms. The number of nitrogens with zero attached hydrogens (tertiary/aromatic N) is 2. The van der Waals surface area contributed by atoms with E-state index in [9.17, 15) is 0 Å². The fourth-order valence-electron chi connectivity index (χ4n) is 3.01. The smallest absolute Gasteiger partial charge is 0.142 e. The van der Waals surface area contributed by atoms with Gasteiger partial charge in [-0.2, -0.15) is 0 Å². The Hall–Kier alpha value is -3.21. The Morgan fingerprint density at radius 1 is 1.17 bits per heavy atom. The number of nitrogens with two attached hydrogens (primary N) is 1. The van der Waals surface area contributed by atoms with Crippen LogP contribution in [0.4, 0.5) is 5.69 Å². The number of ether oxygens (including phenoxy) is 1. The highest BCUT2D eigenvalue weighted by atomic mass is 16.5. The van der Waals surface area contributed by atoms with Crippen LogP contribution in [0.2, 0.25) is 0 Å². The molecule has 0 spiro atoms. The molecular weight excluding hydrogens is 300 g/mol. The zero-order valence-electron chi connectivity index (χ0n) is 13.4. The van der Waals surface area contributed by atoms with Crippen LogP contribution in [0, 0.1) is 0 Å². The van der Waals surface area contributed by atoms with E-state index < -0.39 is 0 Å². The highest BCUT2D eigenvalue weighted by molar-refractivity contribution is 5.97. The number of benzene rings is 2. The van der Waals surface area contributed by atoms with Crippen LogP contribution < -0.4 is 15.4 Å². The van der Waals surface area contributed by atoms with Crippen molar-refractivity contribution < 1.29 is 4.74 Å². The number of aliphatic imine (C=N–C) groups is 1. The lowest BCUT2D eigenvalue weighted by Crippen LogP contribution is -2.35. The predicted molar refractivity (Wildman–Crippen MR) is 98.2 cm³/mol. The second-order valence-corrected chi connectivity index (χ2v) is 5.67. The lowest BCUT2D eigenvalue weighted by atomic mass is 10.1. The maximum Gasteiger partial charge on any atom is 0.142 e. The van der Waals surface area contributed by atoms with Crippen LogP contribution >= 0.6 is 0 Å². The number of aromatic amines is 1. The van der Waals surface area contributed by atoms with Crippen molar-refractivity contribution in [3.05, 3.63) is 66.5 Å². The maximum absolute atomic E-state index is 5.99. The van der Waals surface area contributed by atoms with Gasteiger partial charge in [0.25, 0.3) is 0 Å². The average Bonchev–Trinajstić information content (AvgIpc) is 3.09. The van der Waals surface area contributed by atoms with Crippen LogP contribution in [0.5, 0.6) is 5.75 Å². The molecule has 0 radical (unpaired) electrons. The van der Waals surface area contributed by atoms with Gasteiger partial charge in [-0.15, -0.1) is 0 Å². The third-order valence-electron chi connectivity index (χ3n) is 4.19. The van der Waals surface area contributed by atoms with Gasteiger partial charge in [0, 0.05) is 22.7 Å². The fraction of sp³-hybridized carbons (Fsp3) is 0.105. The van der Waals surface area contributed by atoms with Gasteiger partial charge in [0.15, 0.2) is 0 Å². The molecule has 0 saturated carbocycles. The maximum atomic E-state index is 5.99. The summed E-state index contributed by atoms with van der Waals surface area (Å²) >= 11 is 0. The van der Waals surface area contributed by atoms with Gasteiger partial charge in [0.05, 0.1) is 31.2 Å². The molecule has 0 bridgehead atoms. The van der Waals surface area contributed by atoms with E-state index >= 15 is 0 Å². The zero-order valence-corrected chi connectivity index (χ0v) is 13.4. The molecule has 0 atom stereocenters. The minimum absolute atomic E-state index is 0.525. The van der Waals surface area contributed by atoms with Crippen LogP contribution in [-0.4, -0.2) is 24.5 Å². The summed E-state index contributed by atoms with van der Waals surface area (Å²) < 4.78 is 5.52. The van der Waals surface area contributed by atoms with Gasteiger partial charge >= 0.3 is 0 Å². The Balaban J connectivity index is 1.83. The van der Waals surface area contributed by atoms with E-state index in [1.165, 1.54) is 0 Å². The summed E-state index contributed by atoms with van der Waals surface area (Å²) in [7, 11) is 1.68. The second kappa shape index (κ2) is 5.77. The second-order valence-electron chi connectivity index (χ2n) is 5.67. The Labute approximate surface area is 140 Å². The molecule has 0 unspecified atom stereocenters. The number of aromatic nitrogens is 1. The molecule has 2 heterocycles. The van der Waals surface area contributed by atoms with Crippen LogP contribution in [0.15, 0.2) is 65.9 Å². The third kappa shape index (κ3) is 2.40. The van der Waals surface area contributed by atoms with Crippen molar-refractivity contribution in [3.63, 3.8) is 0 Å². The standard InChI is InChI=1S/C19H18N4O/c1-24-18-5-3-2-4-16(18)23-12-19(20)22-11-17(23)14-6-7-15-13(10-14)8-9-21-15/h2-11,21H,12H2,1H3,(H2,20,22). The van der Waals surface area contributed by atoms with Crippen LogP contribution in [0.3, 0.4) is 0 Å². The molecule has 3 aromatic rings. The summed E-state index contributed by atoms with van der Waals surface area (Å²) in [4.78, 5) is 9.68. The van der Waals surface area contributed by atoms with Gasteiger partial charge in [-0.3, -0.25) is 0 Å². The highest BCUT2D eigenvalue weighted by Gasteiger charge is 2.21. The van der Waals surface area contributed by atoms with Gasteiger partial charge < -0.3 is 20.4 Å². The average molecular weight is 318 g/mol. The Morgan fingerprint density at radius 2 is 2.04 bits per heavy atom. The van der Waals surface area contributed by atoms with Crippen LogP contribution in [0.25, 0.3) is 16.6 Å². The molecule has 0 fully saturated rings. The van der Waals surface area contributed by atoms with E-state index in [1.54, 1.807) is 7.11 Å². The van der Waals surface area contributed by atoms with E-state index in [0.29, 0.717) is 12.4 Å². The highest BCUT2D eigenvalue weighted by Crippen LogP contribution is 2.35. The molecule has 0 saturated heterocycles. The molecule has 24 heavy (non-hydrogen) atoms. The lowest BCUT2D eigenvalue weighted by molar-refractivity contribution is 0.415. The SMILES string of the molecule is COc1ccccc1N1CC(N)=NC=C1c1ccc2[nH]ccc2c1. The van der Waals surface area contributed by atoms with E-state index in [0.717, 1.165) is 33.6 Å². The van der Waals surface area contributed by atoms with Crippen molar-refractivity contribution in [2.45, 2.75) is 0 Å². The minimum Gasteiger partial charge on any atom is -0.495 e. The molecule has 1 aliphatic heterocycles. The molecule has 0 aliphatic carbocycles. The molecule has 1 aromatic heterocycles. The molecular formula is C19H18N4O. The van der Waals surface area contributed by atoms with Gasteiger partial charge in [-0.05, 0) is 30.3 Å². The molecule has 1 aliphatic rings. The van der Waals surface area contributed by atoms with Crippen LogP contribution in [0.1, 0.15) is 5.56 Å². The van der Waals surface area contributed by atoms with E-state index in [2.05, 4.69) is 39.1 Å². The predicted octanol–water partition coefficient (Wildman–Crippen LogP) is 3.35. The van der Waals surface area contributed by atoms with Crippen molar-refractivity contribution >= 4 is 28.1 Å². The number of hydrogen-bond acceptors (Lipinski definition) is 4. The van der Waals surface area contributed by atoms with Crippen molar-refractivity contribution in [1.82, 2.24) is 4.98 Å². The Kier molecular flexibility index (Phi) is 3.46. The minimum atomic E-state index is 0.525. The number of amidine groups is 1. The quantitative estimate of drug-likeness (QED) is 0.778. The van der Waals surface area contributed by atoms with E-state index in [1.807, 2.05) is 36.7 Å². The van der Waals surface area contributed by atoms with Crippen molar-refractivity contribution in [2.24, 2.45) is 10.7 Å². The molecule has 3 N–H and O–H groups in total. The first-order valence-electron chi connectivity index (χ1n) is 7.76. The fourth-order valence-corrected chi connectivity index (χ4v) is 3.01. The number of para-hydroxylation sites is 2. The van der Waals surface area contributed by atoms with Crippen LogP contribution in [-0.2, 0) is 0 Å². The van der Waals surface area contributed by atoms with Crippen molar-refractivity contribution in [3.8, 4) is 5.75 Å². The van der Waals surface area contributed by atoms with Gasteiger partial charge in [-0.25, -0.2) is 4.99 Å². The summed E-state index contributed by atoms with van der Waals surface area (Å²) in [5.41, 5.74) is 10.2. The van der Waals surface area contributed by atoms with Gasteiger partial charge in [-0.1, -0.05) is 18.2 Å². The van der Waals surface area contributed by atoms with Gasteiger partial charge in [0.2, 0.25) is 0 Å².